The molecule has 31 heavy (non-hydrogen) atoms. The van der Waals surface area contributed by atoms with Crippen LogP contribution in [0.1, 0.15) is 35.2 Å². The van der Waals surface area contributed by atoms with Crippen LogP contribution >= 0.6 is 0 Å². The van der Waals surface area contributed by atoms with Crippen molar-refractivity contribution in [2.24, 2.45) is 17.6 Å². The molecule has 0 bridgehead atoms. The number of likely N-dealkylation sites (N-methyl/N-ethyl adjacent to an activating group) is 1. The summed E-state index contributed by atoms with van der Waals surface area (Å²) in [6, 6.07) is 1.45. The Morgan fingerprint density at radius 3 is 2.48 bits per heavy atom. The van der Waals surface area contributed by atoms with Crippen molar-refractivity contribution in [3.05, 3.63) is 52.1 Å². The van der Waals surface area contributed by atoms with Gasteiger partial charge in [-0.1, -0.05) is 13.0 Å². The zero-order valence-electron chi connectivity index (χ0n) is 17.2. The molecule has 0 aliphatic heterocycles. The molecule has 5 N–H and O–H groups in total. The predicted octanol–water partition coefficient (Wildman–Crippen LogP) is 0.935. The smallest absolute Gasteiger partial charge is 0.252 e. The number of hydrogen-bond donors (Lipinski definition) is 4. The van der Waals surface area contributed by atoms with E-state index in [-0.39, 0.29) is 23.1 Å². The lowest BCUT2D eigenvalue weighted by atomic mass is 9.57. The van der Waals surface area contributed by atoms with Gasteiger partial charge < -0.3 is 26.0 Å². The Labute approximate surface area is 177 Å². The van der Waals surface area contributed by atoms with Crippen LogP contribution in [0, 0.1) is 17.7 Å². The minimum absolute atomic E-state index is 0.0360. The van der Waals surface area contributed by atoms with Crippen molar-refractivity contribution in [1.29, 1.82) is 0 Å². The Hall–Kier alpha value is -3.04. The van der Waals surface area contributed by atoms with E-state index < -0.39 is 69.8 Å². The molecule has 3 aliphatic carbocycles. The molecule has 1 amide bonds. The van der Waals surface area contributed by atoms with E-state index in [4.69, 9.17) is 5.73 Å². The molecule has 3 aliphatic rings. The number of benzene rings is 1. The van der Waals surface area contributed by atoms with Gasteiger partial charge in [0, 0.05) is 23.1 Å². The van der Waals surface area contributed by atoms with Gasteiger partial charge in [-0.2, -0.15) is 0 Å². The number of aliphatic hydroxyl groups is 2. The fourth-order valence-electron chi connectivity index (χ4n) is 5.38. The number of halogens is 1. The Balaban J connectivity index is 1.99. The summed E-state index contributed by atoms with van der Waals surface area (Å²) >= 11 is 0. The number of aliphatic hydroxyl groups excluding tert-OH is 1. The van der Waals surface area contributed by atoms with Crippen molar-refractivity contribution in [2.75, 3.05) is 14.1 Å². The maximum absolute atomic E-state index is 14.6. The van der Waals surface area contributed by atoms with Crippen molar-refractivity contribution >= 4 is 17.5 Å². The third kappa shape index (κ3) is 2.63. The highest BCUT2D eigenvalue weighted by atomic mass is 19.1. The first kappa shape index (κ1) is 21.2. The number of nitrogens with two attached hydrogens (primary N) is 1. The lowest BCUT2D eigenvalue weighted by molar-refractivity contribution is -0.146. The first-order valence-electron chi connectivity index (χ1n) is 9.87. The molecule has 4 rings (SSSR count). The molecule has 0 saturated heterocycles. The number of nitrogens with zero attached hydrogens (tertiary/aromatic N) is 1. The first-order valence-corrected chi connectivity index (χ1v) is 9.87. The fraction of sp³-hybridized carbons (Fsp3) is 0.409. The van der Waals surface area contributed by atoms with Gasteiger partial charge in [-0.25, -0.2) is 4.39 Å². The van der Waals surface area contributed by atoms with Gasteiger partial charge in [0.1, 0.15) is 17.3 Å². The quantitative estimate of drug-likeness (QED) is 0.512. The lowest BCUT2D eigenvalue weighted by Crippen LogP contribution is -2.62. The van der Waals surface area contributed by atoms with Gasteiger partial charge in [0.15, 0.2) is 11.4 Å². The van der Waals surface area contributed by atoms with E-state index in [0.717, 1.165) is 12.1 Å². The number of ketones is 2. The third-order valence-electron chi connectivity index (χ3n) is 6.93. The monoisotopic (exact) mass is 430 g/mol. The summed E-state index contributed by atoms with van der Waals surface area (Å²) in [5, 5.41) is 32.8. The van der Waals surface area contributed by atoms with Crippen LogP contribution in [0.25, 0.3) is 0 Å². The van der Waals surface area contributed by atoms with Crippen molar-refractivity contribution in [2.45, 2.75) is 30.9 Å². The number of hydrogen-bond acceptors (Lipinski definition) is 7. The van der Waals surface area contributed by atoms with Crippen LogP contribution in [0.5, 0.6) is 5.75 Å². The minimum atomic E-state index is -2.55. The number of primary amides is 1. The molecule has 8 nitrogen and oxygen atoms in total. The van der Waals surface area contributed by atoms with Crippen LogP contribution in [0.3, 0.4) is 0 Å². The molecular weight excluding hydrogens is 407 g/mol. The number of fused-ring (bicyclic) bond motifs is 3. The second-order valence-electron chi connectivity index (χ2n) is 8.68. The molecule has 0 unspecified atom stereocenters. The van der Waals surface area contributed by atoms with Crippen LogP contribution in [-0.4, -0.2) is 63.4 Å². The first-order chi connectivity index (χ1) is 14.4. The van der Waals surface area contributed by atoms with Gasteiger partial charge in [-0.3, -0.25) is 14.4 Å². The third-order valence-corrected chi connectivity index (χ3v) is 6.93. The van der Waals surface area contributed by atoms with Gasteiger partial charge in [-0.15, -0.1) is 0 Å². The highest BCUT2D eigenvalue weighted by Crippen LogP contribution is 2.54. The zero-order chi connectivity index (χ0) is 23.0. The lowest BCUT2D eigenvalue weighted by Gasteiger charge is -2.50. The summed E-state index contributed by atoms with van der Waals surface area (Å²) in [6.45, 7) is 1.66. The van der Waals surface area contributed by atoms with E-state index in [1.54, 1.807) is 25.9 Å². The molecule has 0 spiro atoms. The van der Waals surface area contributed by atoms with Gasteiger partial charge in [0.05, 0.1) is 11.1 Å². The molecule has 0 heterocycles. The second-order valence-corrected chi connectivity index (χ2v) is 8.68. The van der Waals surface area contributed by atoms with E-state index >= 15 is 0 Å². The molecule has 1 aromatic carbocycles. The summed E-state index contributed by atoms with van der Waals surface area (Å²) in [5.74, 6) is -7.23. The molecule has 1 aromatic rings. The Bertz CT molecular complexity index is 1110. The van der Waals surface area contributed by atoms with E-state index in [0.29, 0.717) is 0 Å². The minimum Gasteiger partial charge on any atom is -0.508 e. The average molecular weight is 430 g/mol. The Morgan fingerprint density at radius 1 is 1.26 bits per heavy atom. The summed E-state index contributed by atoms with van der Waals surface area (Å²) in [5.41, 5.74) is 1.80. The van der Waals surface area contributed by atoms with Crippen molar-refractivity contribution < 1.29 is 34.1 Å². The van der Waals surface area contributed by atoms with Crippen LogP contribution in [0.4, 0.5) is 4.39 Å². The van der Waals surface area contributed by atoms with E-state index in [9.17, 15) is 34.1 Å². The van der Waals surface area contributed by atoms with Gasteiger partial charge in [-0.05, 0) is 44.5 Å². The maximum Gasteiger partial charge on any atom is 0.252 e. The van der Waals surface area contributed by atoms with Gasteiger partial charge in [0.25, 0.3) is 5.91 Å². The Kier molecular flexibility index (Phi) is 4.60. The number of phenols is 1. The second kappa shape index (κ2) is 6.73. The highest BCUT2D eigenvalue weighted by Gasteiger charge is 2.61. The van der Waals surface area contributed by atoms with Crippen molar-refractivity contribution in [3.63, 3.8) is 0 Å². The van der Waals surface area contributed by atoms with Crippen molar-refractivity contribution in [1.82, 2.24) is 4.90 Å². The normalized spacial score (nSPS) is 32.4. The van der Waals surface area contributed by atoms with Crippen LogP contribution in [-0.2, 0) is 9.59 Å². The molecule has 5 atom stereocenters. The van der Waals surface area contributed by atoms with Crippen LogP contribution in [0.15, 0.2) is 35.1 Å². The number of rotatable bonds is 2. The molecule has 0 aromatic heterocycles. The van der Waals surface area contributed by atoms with Crippen LogP contribution < -0.4 is 5.73 Å². The fourth-order valence-corrected chi connectivity index (χ4v) is 5.38. The number of carbonyl (C=O) groups excluding carboxylic acids is 3. The van der Waals surface area contributed by atoms with E-state index in [2.05, 4.69) is 0 Å². The zero-order valence-corrected chi connectivity index (χ0v) is 17.2. The number of amides is 1. The molecule has 9 heteroatoms. The molecule has 0 fully saturated rings. The van der Waals surface area contributed by atoms with Crippen molar-refractivity contribution in [3.8, 4) is 5.75 Å². The average Bonchev–Trinajstić information content (AvgIpc) is 2.69. The predicted molar refractivity (Wildman–Crippen MR) is 107 cm³/mol. The SMILES string of the molecule is C[C@H]1c2c(F)ccc(O)c2C(=O)C2=C(O)[C@]3(O)C(=O)C(C(N)=O)=C[C@@H](N(C)C)[C@@H]3C[C@@H]21. The molecule has 0 radical (unpaired) electrons. The summed E-state index contributed by atoms with van der Waals surface area (Å²) in [7, 11) is 3.35. The van der Waals surface area contributed by atoms with E-state index in [1.807, 2.05) is 0 Å². The van der Waals surface area contributed by atoms with Gasteiger partial charge in [0.2, 0.25) is 5.78 Å². The molecule has 0 saturated carbocycles. The van der Waals surface area contributed by atoms with Crippen LogP contribution in [0.2, 0.25) is 0 Å². The largest absolute Gasteiger partial charge is 0.508 e. The summed E-state index contributed by atoms with van der Waals surface area (Å²) in [6.07, 6.45) is 1.42. The maximum atomic E-state index is 14.6. The number of phenolic OH excluding ortho intramolecular Hbond substituents is 1. The number of Topliss-reactive ketones (excluding diaryl/α,β-unsaturated/α-hetero) is 2. The van der Waals surface area contributed by atoms with E-state index in [1.165, 1.54) is 6.08 Å². The Morgan fingerprint density at radius 2 is 1.90 bits per heavy atom. The highest BCUT2D eigenvalue weighted by molar-refractivity contribution is 6.24. The van der Waals surface area contributed by atoms with Gasteiger partial charge >= 0.3 is 0 Å². The topological polar surface area (TPSA) is 141 Å². The number of aromatic hydroxyl groups is 1. The summed E-state index contributed by atoms with van der Waals surface area (Å²) < 4.78 is 14.6. The number of carbonyl (C=O) groups is 3. The standard InChI is InChI=1S/C22H23FN2O6/c1-8-9-6-11-13(25(2)3)7-10(21(24)30)19(28)22(11,31)20(29)16(9)18(27)17-14(26)5-4-12(23)15(8)17/h4-5,7-9,11,13,26,29,31H,6H2,1-3H3,(H2,24,30)/t8-,9-,11+,13-,22-/m1/s1. The molecular formula is C22H23FN2O6. The number of allylic oxidation sites excluding steroid dienone is 1. The molecule has 164 valence electrons. The summed E-state index contributed by atoms with van der Waals surface area (Å²) in [4.78, 5) is 39.9.